The van der Waals surface area contributed by atoms with Crippen LogP contribution in [0, 0.1) is 11.8 Å². The molecule has 0 radical (unpaired) electrons. The van der Waals surface area contributed by atoms with Crippen LogP contribution < -0.4 is 0 Å². The molecular weight excluding hydrogens is 695 g/mol. The molecule has 0 aromatic rings. The van der Waals surface area contributed by atoms with Crippen molar-refractivity contribution >= 4 is 11.9 Å². The van der Waals surface area contributed by atoms with Crippen molar-refractivity contribution in [3.8, 4) is 0 Å². The quantitative estimate of drug-likeness (QED) is 0.0452. The van der Waals surface area contributed by atoms with Crippen molar-refractivity contribution in [1.82, 2.24) is 4.90 Å². The molecule has 0 N–H and O–H groups in total. The number of hydrogen-bond donors (Lipinski definition) is 0. The van der Waals surface area contributed by atoms with Crippen molar-refractivity contribution < 1.29 is 23.8 Å². The highest BCUT2D eigenvalue weighted by Crippen LogP contribution is 2.22. The lowest BCUT2D eigenvalue weighted by Gasteiger charge is -2.22. The second kappa shape index (κ2) is 45.0. The fraction of sp³-hybridized carbons (Fsp3) is 0.960. The van der Waals surface area contributed by atoms with E-state index >= 15 is 0 Å². The van der Waals surface area contributed by atoms with Gasteiger partial charge < -0.3 is 19.1 Å². The molecule has 0 amide bonds. The molecule has 6 nitrogen and oxygen atoms in total. The number of ether oxygens (including phenoxy) is 3. The zero-order valence-electron chi connectivity index (χ0n) is 38.6. The highest BCUT2D eigenvalue weighted by atomic mass is 16.5. The number of esters is 2. The lowest BCUT2D eigenvalue weighted by Crippen LogP contribution is -2.27. The van der Waals surface area contributed by atoms with Gasteiger partial charge in [0.25, 0.3) is 0 Å². The van der Waals surface area contributed by atoms with Crippen LogP contribution in [0.5, 0.6) is 0 Å². The Kier molecular flexibility index (Phi) is 44.0. The fourth-order valence-corrected chi connectivity index (χ4v) is 7.99. The molecule has 0 aromatic carbocycles. The van der Waals surface area contributed by atoms with E-state index in [4.69, 9.17) is 14.2 Å². The predicted octanol–water partition coefficient (Wildman–Crippen LogP) is 15.0. The van der Waals surface area contributed by atoms with Crippen LogP contribution in [0.1, 0.15) is 252 Å². The lowest BCUT2D eigenvalue weighted by atomic mass is 9.94. The molecule has 0 aliphatic rings. The maximum atomic E-state index is 13.0. The number of carbonyl (C=O) groups excluding carboxylic acids is 2. The van der Waals surface area contributed by atoms with Crippen LogP contribution in [0.2, 0.25) is 0 Å². The van der Waals surface area contributed by atoms with Crippen LogP contribution in [-0.2, 0) is 23.8 Å². The SMILES string of the molecule is CCCCCCCCC(CCCCCC)C(=O)OCCCCCCN(CCCCCCOC(=O)C(CCCCCC)CCCCCCCC)CCCCCOC. The van der Waals surface area contributed by atoms with Crippen LogP contribution in [0.15, 0.2) is 0 Å². The molecule has 0 aromatic heterocycles. The van der Waals surface area contributed by atoms with Gasteiger partial charge in [0.05, 0.1) is 25.0 Å². The summed E-state index contributed by atoms with van der Waals surface area (Å²) in [7, 11) is 1.79. The average Bonchev–Trinajstić information content (AvgIpc) is 3.20. The van der Waals surface area contributed by atoms with E-state index in [1.54, 1.807) is 7.11 Å². The number of carbonyl (C=O) groups is 2. The Labute approximate surface area is 350 Å². The minimum absolute atomic E-state index is 0.0679. The molecule has 334 valence electrons. The summed E-state index contributed by atoms with van der Waals surface area (Å²) >= 11 is 0. The lowest BCUT2D eigenvalue weighted by molar-refractivity contribution is -0.150. The largest absolute Gasteiger partial charge is 0.465 e. The van der Waals surface area contributed by atoms with E-state index in [2.05, 4.69) is 32.6 Å². The number of hydrogen-bond acceptors (Lipinski definition) is 6. The fourth-order valence-electron chi connectivity index (χ4n) is 7.99. The number of rotatable bonds is 46. The molecule has 6 heteroatoms. The molecule has 2 atom stereocenters. The first-order valence-corrected chi connectivity index (χ1v) is 25.1. The Balaban J connectivity index is 4.48. The maximum absolute atomic E-state index is 13.0. The van der Waals surface area contributed by atoms with Gasteiger partial charge in [-0.05, 0) is 90.3 Å². The van der Waals surface area contributed by atoms with Crippen LogP contribution in [-0.4, -0.2) is 63.4 Å². The van der Waals surface area contributed by atoms with Crippen molar-refractivity contribution in [3.05, 3.63) is 0 Å². The van der Waals surface area contributed by atoms with Gasteiger partial charge in [0.1, 0.15) is 0 Å². The summed E-state index contributed by atoms with van der Waals surface area (Å²) in [6.07, 6.45) is 41.7. The van der Waals surface area contributed by atoms with Gasteiger partial charge in [-0.1, -0.05) is 182 Å². The summed E-state index contributed by atoms with van der Waals surface area (Å²) in [6.45, 7) is 14.5. The van der Waals surface area contributed by atoms with E-state index in [1.807, 2.05) is 0 Å². The Morgan fingerprint density at radius 3 is 0.982 bits per heavy atom. The first-order valence-electron chi connectivity index (χ1n) is 25.1. The smallest absolute Gasteiger partial charge is 0.308 e. The van der Waals surface area contributed by atoms with E-state index in [0.29, 0.717) is 13.2 Å². The van der Waals surface area contributed by atoms with Crippen molar-refractivity contribution in [3.63, 3.8) is 0 Å². The normalized spacial score (nSPS) is 12.7. The van der Waals surface area contributed by atoms with Gasteiger partial charge in [0.15, 0.2) is 0 Å². The second-order valence-corrected chi connectivity index (χ2v) is 17.3. The van der Waals surface area contributed by atoms with Gasteiger partial charge in [-0.2, -0.15) is 0 Å². The summed E-state index contributed by atoms with van der Waals surface area (Å²) in [5, 5.41) is 0. The van der Waals surface area contributed by atoms with Crippen molar-refractivity contribution in [2.24, 2.45) is 11.8 Å². The molecule has 0 fully saturated rings. The third-order valence-electron chi connectivity index (χ3n) is 11.8. The van der Waals surface area contributed by atoms with Crippen molar-refractivity contribution in [1.29, 1.82) is 0 Å². The van der Waals surface area contributed by atoms with Crippen molar-refractivity contribution in [2.45, 2.75) is 252 Å². The van der Waals surface area contributed by atoms with Gasteiger partial charge >= 0.3 is 11.9 Å². The summed E-state index contributed by atoms with van der Waals surface area (Å²) in [5.41, 5.74) is 0. The maximum Gasteiger partial charge on any atom is 0.308 e. The first kappa shape index (κ1) is 54.9. The van der Waals surface area contributed by atoms with E-state index < -0.39 is 0 Å². The van der Waals surface area contributed by atoms with Crippen LogP contribution in [0.25, 0.3) is 0 Å². The van der Waals surface area contributed by atoms with Gasteiger partial charge in [-0.3, -0.25) is 9.59 Å². The van der Waals surface area contributed by atoms with E-state index in [0.717, 1.165) is 110 Å². The summed E-state index contributed by atoms with van der Waals surface area (Å²) < 4.78 is 17.0. The topological polar surface area (TPSA) is 65.1 Å². The van der Waals surface area contributed by atoms with Crippen LogP contribution >= 0.6 is 0 Å². The third-order valence-corrected chi connectivity index (χ3v) is 11.8. The molecule has 0 heterocycles. The average molecular weight is 794 g/mol. The molecular formula is C50H99NO5. The molecule has 0 spiro atoms. The molecule has 0 saturated carbocycles. The first-order chi connectivity index (χ1) is 27.5. The van der Waals surface area contributed by atoms with E-state index in [-0.39, 0.29) is 23.8 Å². The van der Waals surface area contributed by atoms with E-state index in [9.17, 15) is 9.59 Å². The predicted molar refractivity (Wildman–Crippen MR) is 242 cm³/mol. The molecule has 2 unspecified atom stereocenters. The van der Waals surface area contributed by atoms with Gasteiger partial charge in [-0.15, -0.1) is 0 Å². The number of methoxy groups -OCH3 is 1. The Morgan fingerprint density at radius 2 is 0.625 bits per heavy atom. The molecule has 56 heavy (non-hydrogen) atoms. The highest BCUT2D eigenvalue weighted by Gasteiger charge is 2.20. The van der Waals surface area contributed by atoms with Gasteiger partial charge in [0.2, 0.25) is 0 Å². The molecule has 0 aliphatic carbocycles. The van der Waals surface area contributed by atoms with Gasteiger partial charge in [0, 0.05) is 13.7 Å². The monoisotopic (exact) mass is 794 g/mol. The Morgan fingerprint density at radius 1 is 0.357 bits per heavy atom. The minimum atomic E-state index is 0.0679. The molecule has 0 rings (SSSR count). The van der Waals surface area contributed by atoms with Gasteiger partial charge in [-0.25, -0.2) is 0 Å². The second-order valence-electron chi connectivity index (χ2n) is 17.3. The summed E-state index contributed by atoms with van der Waals surface area (Å²) in [6, 6.07) is 0. The van der Waals surface area contributed by atoms with Crippen LogP contribution in [0.3, 0.4) is 0 Å². The minimum Gasteiger partial charge on any atom is -0.465 e. The Bertz CT molecular complexity index is 748. The zero-order chi connectivity index (χ0) is 41.0. The molecule has 0 aliphatic heterocycles. The standard InChI is InChI=1S/C50H99NO5/c1-6-10-14-18-20-29-39-47(37-27-16-12-8-3)49(52)55-45-35-24-22-31-41-51(43-33-26-34-44-54-5)42-32-23-25-36-46-56-50(53)48(38-28-17-13-9-4)40-30-21-19-15-11-7-2/h47-48H,6-46H2,1-5H3. The molecule has 0 saturated heterocycles. The highest BCUT2D eigenvalue weighted by molar-refractivity contribution is 5.72. The third kappa shape index (κ3) is 37.2. The number of unbranched alkanes of at least 4 members (excludes halogenated alkanes) is 24. The summed E-state index contributed by atoms with van der Waals surface area (Å²) in [5.74, 6) is 0.335. The zero-order valence-corrected chi connectivity index (χ0v) is 38.6. The van der Waals surface area contributed by atoms with Crippen LogP contribution in [0.4, 0.5) is 0 Å². The molecule has 0 bridgehead atoms. The number of nitrogens with zero attached hydrogens (tertiary/aromatic N) is 1. The summed E-state index contributed by atoms with van der Waals surface area (Å²) in [4.78, 5) is 28.7. The van der Waals surface area contributed by atoms with E-state index in [1.165, 1.54) is 141 Å². The Hall–Kier alpha value is -1.14. The van der Waals surface area contributed by atoms with Crippen molar-refractivity contribution in [2.75, 3.05) is 46.6 Å².